The van der Waals surface area contributed by atoms with Gasteiger partial charge in [0.2, 0.25) is 0 Å². The summed E-state index contributed by atoms with van der Waals surface area (Å²) in [6.45, 7) is 0.539. The largest absolute Gasteiger partial charge is 0.336 e. The first-order valence-corrected chi connectivity index (χ1v) is 8.76. The third-order valence-corrected chi connectivity index (χ3v) is 4.62. The number of thiophene rings is 1. The average Bonchev–Trinajstić information content (AvgIpc) is 3.15. The zero-order chi connectivity index (χ0) is 17.6. The molecule has 126 valence electrons. The van der Waals surface area contributed by atoms with Crippen LogP contribution in [0.3, 0.4) is 0 Å². The van der Waals surface area contributed by atoms with Crippen molar-refractivity contribution >= 4 is 28.8 Å². The molecule has 0 fully saturated rings. The number of hydrogen-bond acceptors (Lipinski definition) is 3. The molecule has 2 aromatic carbocycles. The maximum atomic E-state index is 12.8. The van der Waals surface area contributed by atoms with Crippen molar-refractivity contribution in [3.8, 4) is 0 Å². The van der Waals surface area contributed by atoms with Gasteiger partial charge in [-0.15, -0.1) is 11.3 Å². The predicted molar refractivity (Wildman–Crippen MR) is 101 cm³/mol. The van der Waals surface area contributed by atoms with Crippen LogP contribution in [0.4, 0.5) is 5.69 Å². The van der Waals surface area contributed by atoms with Crippen LogP contribution in [0, 0.1) is 0 Å². The lowest BCUT2D eigenvalue weighted by Gasteiger charge is -2.18. The van der Waals surface area contributed by atoms with Crippen LogP contribution in [0.25, 0.3) is 0 Å². The number of benzene rings is 2. The summed E-state index contributed by atoms with van der Waals surface area (Å²) in [6, 6.07) is 20.0. The number of rotatable bonds is 5. The Labute approximate surface area is 150 Å². The minimum atomic E-state index is -0.234. The van der Waals surface area contributed by atoms with Crippen molar-refractivity contribution in [3.63, 3.8) is 0 Å². The Morgan fingerprint density at radius 2 is 1.68 bits per heavy atom. The van der Waals surface area contributed by atoms with Crippen LogP contribution < -0.4 is 5.32 Å². The van der Waals surface area contributed by atoms with Crippen LogP contribution in [0.15, 0.2) is 72.1 Å². The highest BCUT2D eigenvalue weighted by Gasteiger charge is 2.17. The van der Waals surface area contributed by atoms with E-state index in [2.05, 4.69) is 5.32 Å². The van der Waals surface area contributed by atoms with E-state index in [1.54, 1.807) is 71.8 Å². The number of amides is 2. The summed E-state index contributed by atoms with van der Waals surface area (Å²) < 4.78 is 0. The molecule has 0 saturated carbocycles. The minimum Gasteiger partial charge on any atom is -0.336 e. The lowest BCUT2D eigenvalue weighted by atomic mass is 10.1. The van der Waals surface area contributed by atoms with Crippen LogP contribution in [0.1, 0.15) is 25.6 Å². The maximum absolute atomic E-state index is 12.8. The topological polar surface area (TPSA) is 49.4 Å². The summed E-state index contributed by atoms with van der Waals surface area (Å²) in [6.07, 6.45) is 0. The van der Waals surface area contributed by atoms with Gasteiger partial charge in [0.05, 0.1) is 17.8 Å². The van der Waals surface area contributed by atoms with Crippen molar-refractivity contribution in [2.24, 2.45) is 0 Å². The van der Waals surface area contributed by atoms with Gasteiger partial charge in [-0.3, -0.25) is 9.59 Å². The number of para-hydroxylation sites is 1. The molecule has 4 nitrogen and oxygen atoms in total. The molecule has 0 aliphatic carbocycles. The Balaban J connectivity index is 1.78. The smallest absolute Gasteiger partial charge is 0.256 e. The van der Waals surface area contributed by atoms with E-state index >= 15 is 0 Å². The molecule has 3 aromatic rings. The molecular formula is C20H18N2O2S. The Morgan fingerprint density at radius 3 is 2.40 bits per heavy atom. The molecule has 1 aromatic heterocycles. The first-order valence-electron chi connectivity index (χ1n) is 7.88. The molecule has 0 atom stereocenters. The van der Waals surface area contributed by atoms with Crippen LogP contribution in [-0.2, 0) is 6.54 Å². The Hall–Kier alpha value is -2.92. The summed E-state index contributed by atoms with van der Waals surface area (Å²) >= 11 is 1.61. The van der Waals surface area contributed by atoms with Crippen molar-refractivity contribution in [1.29, 1.82) is 0 Å². The fourth-order valence-electron chi connectivity index (χ4n) is 2.48. The van der Waals surface area contributed by atoms with Gasteiger partial charge < -0.3 is 10.2 Å². The molecule has 0 aliphatic rings. The Kier molecular flexibility index (Phi) is 5.26. The number of carbonyl (C=O) groups is 2. The number of nitrogens with zero attached hydrogens (tertiary/aromatic N) is 1. The van der Waals surface area contributed by atoms with E-state index in [0.29, 0.717) is 23.4 Å². The zero-order valence-corrected chi connectivity index (χ0v) is 14.6. The molecule has 0 spiro atoms. The van der Waals surface area contributed by atoms with Gasteiger partial charge in [-0.1, -0.05) is 36.4 Å². The fourth-order valence-corrected chi connectivity index (χ4v) is 3.23. The highest BCUT2D eigenvalue weighted by atomic mass is 32.1. The highest BCUT2D eigenvalue weighted by Crippen LogP contribution is 2.20. The Morgan fingerprint density at radius 1 is 0.960 bits per heavy atom. The fraction of sp³-hybridized carbons (Fsp3) is 0.100. The van der Waals surface area contributed by atoms with Gasteiger partial charge in [-0.2, -0.15) is 0 Å². The molecule has 25 heavy (non-hydrogen) atoms. The van der Waals surface area contributed by atoms with E-state index in [-0.39, 0.29) is 11.8 Å². The van der Waals surface area contributed by atoms with Crippen molar-refractivity contribution in [2.45, 2.75) is 6.54 Å². The van der Waals surface area contributed by atoms with E-state index in [4.69, 9.17) is 0 Å². The third-order valence-electron chi connectivity index (χ3n) is 3.76. The van der Waals surface area contributed by atoms with E-state index < -0.39 is 0 Å². The van der Waals surface area contributed by atoms with Gasteiger partial charge in [0.15, 0.2) is 0 Å². The van der Waals surface area contributed by atoms with Crippen LogP contribution >= 0.6 is 11.3 Å². The monoisotopic (exact) mass is 350 g/mol. The van der Waals surface area contributed by atoms with Crippen molar-refractivity contribution in [1.82, 2.24) is 4.90 Å². The van der Waals surface area contributed by atoms with Crippen LogP contribution in [-0.4, -0.2) is 23.8 Å². The first-order chi connectivity index (χ1) is 12.1. The van der Waals surface area contributed by atoms with Crippen molar-refractivity contribution < 1.29 is 9.59 Å². The van der Waals surface area contributed by atoms with Gasteiger partial charge in [0.1, 0.15) is 0 Å². The molecule has 0 saturated heterocycles. The minimum absolute atomic E-state index is 0.127. The molecule has 0 radical (unpaired) electrons. The van der Waals surface area contributed by atoms with Gasteiger partial charge in [0.25, 0.3) is 11.8 Å². The molecular weight excluding hydrogens is 332 g/mol. The van der Waals surface area contributed by atoms with Crippen LogP contribution in [0.5, 0.6) is 0 Å². The van der Waals surface area contributed by atoms with Crippen molar-refractivity contribution in [3.05, 3.63) is 88.1 Å². The first kappa shape index (κ1) is 16.9. The third kappa shape index (κ3) is 4.14. The van der Waals surface area contributed by atoms with Gasteiger partial charge in [-0.05, 0) is 35.7 Å². The lowest BCUT2D eigenvalue weighted by Crippen LogP contribution is -2.27. The number of hydrogen-bond donors (Lipinski definition) is 1. The second-order valence-corrected chi connectivity index (χ2v) is 6.64. The average molecular weight is 350 g/mol. The van der Waals surface area contributed by atoms with E-state index in [1.165, 1.54) is 0 Å². The van der Waals surface area contributed by atoms with E-state index in [9.17, 15) is 9.59 Å². The summed E-state index contributed by atoms with van der Waals surface area (Å²) in [5, 5.41) is 4.83. The summed E-state index contributed by atoms with van der Waals surface area (Å²) in [7, 11) is 1.76. The molecule has 3 rings (SSSR count). The summed E-state index contributed by atoms with van der Waals surface area (Å²) in [4.78, 5) is 27.9. The highest BCUT2D eigenvalue weighted by molar-refractivity contribution is 7.09. The number of nitrogens with one attached hydrogen (secondary N) is 1. The van der Waals surface area contributed by atoms with Gasteiger partial charge >= 0.3 is 0 Å². The standard InChI is InChI=1S/C20H18N2O2S/c1-22(14-16-10-7-13-25-16)20(24)17-11-5-6-12-18(17)21-19(23)15-8-3-2-4-9-15/h2-13H,14H2,1H3,(H,21,23). The summed E-state index contributed by atoms with van der Waals surface area (Å²) in [5.74, 6) is -0.362. The summed E-state index contributed by atoms with van der Waals surface area (Å²) in [5.41, 5.74) is 1.54. The van der Waals surface area contributed by atoms with Crippen molar-refractivity contribution in [2.75, 3.05) is 12.4 Å². The molecule has 0 aliphatic heterocycles. The second kappa shape index (κ2) is 7.77. The second-order valence-electron chi connectivity index (χ2n) is 5.61. The van der Waals surface area contributed by atoms with E-state index in [0.717, 1.165) is 4.88 Å². The predicted octanol–water partition coefficient (Wildman–Crippen LogP) is 4.27. The van der Waals surface area contributed by atoms with Gasteiger partial charge in [0, 0.05) is 17.5 Å². The molecule has 5 heteroatoms. The molecule has 2 amide bonds. The molecule has 1 heterocycles. The number of carbonyl (C=O) groups excluding carboxylic acids is 2. The lowest BCUT2D eigenvalue weighted by molar-refractivity contribution is 0.0787. The van der Waals surface area contributed by atoms with E-state index in [1.807, 2.05) is 23.6 Å². The normalized spacial score (nSPS) is 10.3. The molecule has 1 N–H and O–H groups in total. The Bertz CT molecular complexity index is 860. The van der Waals surface area contributed by atoms with Gasteiger partial charge in [-0.25, -0.2) is 0 Å². The molecule has 0 bridgehead atoms. The quantitative estimate of drug-likeness (QED) is 0.747. The van der Waals surface area contributed by atoms with Crippen LogP contribution in [0.2, 0.25) is 0 Å². The number of anilines is 1. The molecule has 0 unspecified atom stereocenters. The zero-order valence-electron chi connectivity index (χ0n) is 13.8. The SMILES string of the molecule is CN(Cc1cccs1)C(=O)c1ccccc1NC(=O)c1ccccc1. The maximum Gasteiger partial charge on any atom is 0.256 e.